The number of likely N-dealkylation sites (tertiary alicyclic amines) is 1. The third kappa shape index (κ3) is 4.70. The quantitative estimate of drug-likeness (QED) is 0.790. The zero-order chi connectivity index (χ0) is 18.5. The lowest BCUT2D eigenvalue weighted by Gasteiger charge is -2.31. The number of piperidine rings is 1. The average molecular weight is 393 g/mol. The van der Waals surface area contributed by atoms with Gasteiger partial charge in [0.2, 0.25) is 5.91 Å². The maximum absolute atomic E-state index is 12.5. The third-order valence-electron chi connectivity index (χ3n) is 4.73. The van der Waals surface area contributed by atoms with Gasteiger partial charge in [-0.25, -0.2) is 0 Å². The molecule has 0 unspecified atom stereocenters. The van der Waals surface area contributed by atoms with Crippen LogP contribution in [-0.4, -0.2) is 31.0 Å². The molecule has 6 heteroatoms. The number of amides is 1. The van der Waals surface area contributed by atoms with Gasteiger partial charge in [0.1, 0.15) is 5.75 Å². The molecule has 1 fully saturated rings. The van der Waals surface area contributed by atoms with Crippen LogP contribution in [0.1, 0.15) is 18.4 Å². The molecule has 0 spiro atoms. The van der Waals surface area contributed by atoms with E-state index in [4.69, 9.17) is 27.9 Å². The molecule has 1 saturated heterocycles. The van der Waals surface area contributed by atoms with Crippen LogP contribution in [0.2, 0.25) is 10.0 Å². The molecule has 1 aliphatic heterocycles. The summed E-state index contributed by atoms with van der Waals surface area (Å²) < 4.78 is 5.13. The number of ether oxygens (including phenoxy) is 1. The molecular formula is C20H22Cl2N2O2. The predicted octanol–water partition coefficient (Wildman–Crippen LogP) is 4.85. The van der Waals surface area contributed by atoms with Crippen molar-refractivity contribution >= 4 is 34.8 Å². The number of anilines is 1. The number of nitrogens with one attached hydrogen (secondary N) is 1. The number of carbonyl (C=O) groups excluding carboxylic acids is 1. The fourth-order valence-corrected chi connectivity index (χ4v) is 3.66. The maximum atomic E-state index is 12.5. The average Bonchev–Trinajstić information content (AvgIpc) is 2.64. The SMILES string of the molecule is COc1ccc(NC(=O)C2CCN(Cc3ccccc3Cl)CC2)cc1Cl. The molecule has 138 valence electrons. The third-order valence-corrected chi connectivity index (χ3v) is 5.39. The van der Waals surface area contributed by atoms with Gasteiger partial charge in [-0.05, 0) is 55.8 Å². The zero-order valence-corrected chi connectivity index (χ0v) is 16.2. The van der Waals surface area contributed by atoms with Gasteiger partial charge in [-0.15, -0.1) is 0 Å². The van der Waals surface area contributed by atoms with Crippen molar-refractivity contribution in [1.82, 2.24) is 4.90 Å². The number of halogens is 2. The van der Waals surface area contributed by atoms with E-state index in [1.165, 1.54) is 0 Å². The summed E-state index contributed by atoms with van der Waals surface area (Å²) in [5.41, 5.74) is 1.82. The van der Waals surface area contributed by atoms with Crippen LogP contribution < -0.4 is 10.1 Å². The molecule has 0 aromatic heterocycles. The van der Waals surface area contributed by atoms with Gasteiger partial charge in [0, 0.05) is 23.2 Å². The van der Waals surface area contributed by atoms with Crippen molar-refractivity contribution in [2.75, 3.05) is 25.5 Å². The minimum atomic E-state index is 0.0124. The van der Waals surface area contributed by atoms with E-state index >= 15 is 0 Å². The van der Waals surface area contributed by atoms with Gasteiger partial charge in [0.05, 0.1) is 12.1 Å². The Morgan fingerprint density at radius 2 is 1.88 bits per heavy atom. The Balaban J connectivity index is 1.52. The number of hydrogen-bond donors (Lipinski definition) is 1. The first-order valence-corrected chi connectivity index (χ1v) is 9.42. The molecule has 2 aromatic carbocycles. The van der Waals surface area contributed by atoms with Crippen molar-refractivity contribution in [2.45, 2.75) is 19.4 Å². The van der Waals surface area contributed by atoms with Crippen LogP contribution in [0.25, 0.3) is 0 Å². The largest absolute Gasteiger partial charge is 0.495 e. The van der Waals surface area contributed by atoms with Crippen molar-refractivity contribution in [2.24, 2.45) is 5.92 Å². The van der Waals surface area contributed by atoms with Crippen molar-refractivity contribution in [3.05, 3.63) is 58.1 Å². The molecule has 4 nitrogen and oxygen atoms in total. The van der Waals surface area contributed by atoms with E-state index in [0.29, 0.717) is 16.5 Å². The van der Waals surface area contributed by atoms with Crippen LogP contribution >= 0.6 is 23.2 Å². The molecule has 1 heterocycles. The Kier molecular flexibility index (Phi) is 6.41. The molecule has 1 amide bonds. The number of carbonyl (C=O) groups is 1. The fraction of sp³-hybridized carbons (Fsp3) is 0.350. The molecule has 26 heavy (non-hydrogen) atoms. The summed E-state index contributed by atoms with van der Waals surface area (Å²) in [5.74, 6) is 0.652. The van der Waals surface area contributed by atoms with Gasteiger partial charge >= 0.3 is 0 Å². The normalized spacial score (nSPS) is 15.7. The predicted molar refractivity (Wildman–Crippen MR) is 106 cm³/mol. The molecule has 0 radical (unpaired) electrons. The number of nitrogens with zero attached hydrogens (tertiary/aromatic N) is 1. The lowest BCUT2D eigenvalue weighted by Crippen LogP contribution is -2.37. The summed E-state index contributed by atoms with van der Waals surface area (Å²) in [6.07, 6.45) is 1.67. The first-order chi connectivity index (χ1) is 12.6. The van der Waals surface area contributed by atoms with Crippen LogP contribution in [0.15, 0.2) is 42.5 Å². The molecule has 0 atom stereocenters. The van der Waals surface area contributed by atoms with Crippen molar-refractivity contribution in [3.8, 4) is 5.75 Å². The van der Waals surface area contributed by atoms with E-state index in [9.17, 15) is 4.79 Å². The number of rotatable bonds is 5. The molecule has 0 bridgehead atoms. The molecule has 1 N–H and O–H groups in total. The van der Waals surface area contributed by atoms with Gasteiger partial charge in [-0.1, -0.05) is 41.4 Å². The van der Waals surface area contributed by atoms with Gasteiger partial charge in [0.25, 0.3) is 0 Å². The van der Waals surface area contributed by atoms with Gasteiger partial charge in [0.15, 0.2) is 0 Å². The second kappa shape index (κ2) is 8.76. The maximum Gasteiger partial charge on any atom is 0.227 e. The lowest BCUT2D eigenvalue weighted by atomic mass is 9.95. The smallest absolute Gasteiger partial charge is 0.227 e. The Hall–Kier alpha value is -1.75. The molecule has 1 aliphatic rings. The Morgan fingerprint density at radius 1 is 1.15 bits per heavy atom. The second-order valence-corrected chi connectivity index (χ2v) is 7.29. The Morgan fingerprint density at radius 3 is 2.54 bits per heavy atom. The summed E-state index contributed by atoms with van der Waals surface area (Å²) >= 11 is 12.4. The van der Waals surface area contributed by atoms with Crippen LogP contribution in [0.5, 0.6) is 5.75 Å². The molecule has 2 aromatic rings. The van der Waals surface area contributed by atoms with Crippen molar-refractivity contribution < 1.29 is 9.53 Å². The highest BCUT2D eigenvalue weighted by Gasteiger charge is 2.25. The monoisotopic (exact) mass is 392 g/mol. The van der Waals surface area contributed by atoms with Crippen LogP contribution in [0, 0.1) is 5.92 Å². The molecule has 0 saturated carbocycles. The summed E-state index contributed by atoms with van der Waals surface area (Å²) in [4.78, 5) is 14.9. The number of benzene rings is 2. The van der Waals surface area contributed by atoms with Crippen LogP contribution in [-0.2, 0) is 11.3 Å². The van der Waals surface area contributed by atoms with Crippen LogP contribution in [0.4, 0.5) is 5.69 Å². The topological polar surface area (TPSA) is 41.6 Å². The van der Waals surface area contributed by atoms with Crippen molar-refractivity contribution in [3.63, 3.8) is 0 Å². The summed E-state index contributed by atoms with van der Waals surface area (Å²) in [6, 6.07) is 13.2. The van der Waals surface area contributed by atoms with E-state index in [0.717, 1.165) is 43.1 Å². The highest BCUT2D eigenvalue weighted by Crippen LogP contribution is 2.28. The standard InChI is InChI=1S/C20H22Cl2N2O2/c1-26-19-7-6-16(12-18(19)22)23-20(25)14-8-10-24(11-9-14)13-15-4-2-3-5-17(15)21/h2-7,12,14H,8-11,13H2,1H3,(H,23,25). The summed E-state index contributed by atoms with van der Waals surface area (Å²) in [6.45, 7) is 2.58. The van der Waals surface area contributed by atoms with E-state index in [-0.39, 0.29) is 11.8 Å². The van der Waals surface area contributed by atoms with E-state index < -0.39 is 0 Å². The lowest BCUT2D eigenvalue weighted by molar-refractivity contribution is -0.121. The zero-order valence-electron chi connectivity index (χ0n) is 14.7. The molecule has 3 rings (SSSR count). The highest BCUT2D eigenvalue weighted by molar-refractivity contribution is 6.32. The van der Waals surface area contributed by atoms with E-state index in [1.54, 1.807) is 25.3 Å². The van der Waals surface area contributed by atoms with Gasteiger partial charge in [-0.2, -0.15) is 0 Å². The Bertz CT molecular complexity index is 774. The highest BCUT2D eigenvalue weighted by atomic mass is 35.5. The number of hydrogen-bond acceptors (Lipinski definition) is 3. The number of methoxy groups -OCH3 is 1. The summed E-state index contributed by atoms with van der Waals surface area (Å²) in [7, 11) is 1.57. The first kappa shape index (κ1) is 19.0. The minimum Gasteiger partial charge on any atom is -0.495 e. The van der Waals surface area contributed by atoms with Crippen molar-refractivity contribution in [1.29, 1.82) is 0 Å². The first-order valence-electron chi connectivity index (χ1n) is 8.67. The van der Waals surface area contributed by atoms with Gasteiger partial charge in [-0.3, -0.25) is 9.69 Å². The van der Waals surface area contributed by atoms with Gasteiger partial charge < -0.3 is 10.1 Å². The summed E-state index contributed by atoms with van der Waals surface area (Å²) in [5, 5.41) is 4.24. The molecular weight excluding hydrogens is 371 g/mol. The molecule has 0 aliphatic carbocycles. The minimum absolute atomic E-state index is 0.0124. The second-order valence-electron chi connectivity index (χ2n) is 6.48. The Labute approximate surface area is 164 Å². The fourth-order valence-electron chi connectivity index (χ4n) is 3.21. The van der Waals surface area contributed by atoms with Crippen LogP contribution in [0.3, 0.4) is 0 Å². The van der Waals surface area contributed by atoms with E-state index in [2.05, 4.69) is 16.3 Å². The van der Waals surface area contributed by atoms with E-state index in [1.807, 2.05) is 18.2 Å².